The van der Waals surface area contributed by atoms with E-state index in [0.717, 1.165) is 6.54 Å². The van der Waals surface area contributed by atoms with Crippen LogP contribution in [0.15, 0.2) is 12.1 Å². The van der Waals surface area contributed by atoms with Gasteiger partial charge in [0.2, 0.25) is 0 Å². The predicted octanol–water partition coefficient (Wildman–Crippen LogP) is 1.49. The summed E-state index contributed by atoms with van der Waals surface area (Å²) in [6.45, 7) is 0.804. The van der Waals surface area contributed by atoms with E-state index in [1.165, 1.54) is 31.4 Å². The molecular weight excluding hydrogens is 222 g/mol. The zero-order valence-corrected chi connectivity index (χ0v) is 9.35. The normalized spacial score (nSPS) is 15.1. The molecule has 1 saturated carbocycles. The van der Waals surface area contributed by atoms with E-state index in [1.54, 1.807) is 0 Å². The highest BCUT2D eigenvalue weighted by Gasteiger charge is 2.18. The number of pyridine rings is 1. The van der Waals surface area contributed by atoms with Gasteiger partial charge in [-0.25, -0.2) is 10.8 Å². The Hall–Kier alpha value is -1.89. The zero-order chi connectivity index (χ0) is 12.3. The number of hydrogen-bond donors (Lipinski definition) is 3. The second-order valence-corrected chi connectivity index (χ2v) is 4.18. The molecule has 0 spiro atoms. The molecule has 0 unspecified atom stereocenters. The lowest BCUT2D eigenvalue weighted by molar-refractivity contribution is -0.384. The average Bonchev–Trinajstić information content (AvgIpc) is 2.26. The van der Waals surface area contributed by atoms with E-state index in [9.17, 15) is 10.1 Å². The Bertz CT molecular complexity index is 419. The van der Waals surface area contributed by atoms with E-state index in [4.69, 9.17) is 5.84 Å². The molecule has 1 aromatic heterocycles. The number of nitro groups is 1. The van der Waals surface area contributed by atoms with Gasteiger partial charge in [0.15, 0.2) is 0 Å². The van der Waals surface area contributed by atoms with Crippen LogP contribution in [0.4, 0.5) is 17.3 Å². The number of anilines is 2. The summed E-state index contributed by atoms with van der Waals surface area (Å²) in [4.78, 5) is 14.4. The van der Waals surface area contributed by atoms with Crippen molar-refractivity contribution in [2.45, 2.75) is 19.3 Å². The smallest absolute Gasteiger partial charge is 0.276 e. The van der Waals surface area contributed by atoms with Crippen LogP contribution in [0.25, 0.3) is 0 Å². The summed E-state index contributed by atoms with van der Waals surface area (Å²) in [6, 6.07) is 2.72. The van der Waals surface area contributed by atoms with E-state index in [2.05, 4.69) is 15.7 Å². The Kier molecular flexibility index (Phi) is 3.38. The highest BCUT2D eigenvalue weighted by molar-refractivity contribution is 5.54. The van der Waals surface area contributed by atoms with Crippen LogP contribution < -0.4 is 16.6 Å². The average molecular weight is 237 g/mol. The first-order valence-electron chi connectivity index (χ1n) is 5.56. The van der Waals surface area contributed by atoms with Crippen molar-refractivity contribution in [1.29, 1.82) is 0 Å². The fourth-order valence-corrected chi connectivity index (χ4v) is 1.73. The van der Waals surface area contributed by atoms with Crippen LogP contribution in [0, 0.1) is 16.0 Å². The summed E-state index contributed by atoms with van der Waals surface area (Å²) in [5, 5.41) is 13.8. The predicted molar refractivity (Wildman–Crippen MR) is 64.5 cm³/mol. The number of rotatable bonds is 5. The molecule has 0 aromatic carbocycles. The second kappa shape index (κ2) is 4.96. The molecule has 1 aliphatic rings. The zero-order valence-electron chi connectivity index (χ0n) is 9.35. The van der Waals surface area contributed by atoms with Gasteiger partial charge >= 0.3 is 0 Å². The Labute approximate surface area is 98.5 Å². The number of nitrogen functional groups attached to an aromatic ring is 1. The topological polar surface area (TPSA) is 106 Å². The van der Waals surface area contributed by atoms with E-state index >= 15 is 0 Å². The van der Waals surface area contributed by atoms with Gasteiger partial charge in [0.1, 0.15) is 11.6 Å². The van der Waals surface area contributed by atoms with E-state index < -0.39 is 4.92 Å². The molecule has 2 rings (SSSR count). The minimum atomic E-state index is -0.461. The van der Waals surface area contributed by atoms with Crippen molar-refractivity contribution < 1.29 is 4.92 Å². The quantitative estimate of drug-likeness (QED) is 0.407. The van der Waals surface area contributed by atoms with Crippen molar-refractivity contribution in [3.05, 3.63) is 22.2 Å². The molecule has 1 aliphatic carbocycles. The molecule has 0 aliphatic heterocycles. The lowest BCUT2D eigenvalue weighted by Gasteiger charge is -2.25. The third-order valence-electron chi connectivity index (χ3n) is 2.97. The largest absolute Gasteiger partial charge is 0.370 e. The SMILES string of the molecule is NNc1cc([N+](=O)[O-])cc(NCC2CCC2)n1. The first-order valence-corrected chi connectivity index (χ1v) is 5.56. The maximum Gasteiger partial charge on any atom is 0.276 e. The molecule has 7 nitrogen and oxygen atoms in total. The number of nitrogens with zero attached hydrogens (tertiary/aromatic N) is 2. The fraction of sp³-hybridized carbons (Fsp3) is 0.500. The first-order chi connectivity index (χ1) is 8.19. The molecule has 0 amide bonds. The lowest BCUT2D eigenvalue weighted by Crippen LogP contribution is -2.21. The molecular formula is C10H15N5O2. The lowest BCUT2D eigenvalue weighted by atomic mass is 9.85. The monoisotopic (exact) mass is 237 g/mol. The van der Waals surface area contributed by atoms with Gasteiger partial charge in [-0.15, -0.1) is 0 Å². The number of nitrogens with two attached hydrogens (primary N) is 1. The van der Waals surface area contributed by atoms with Gasteiger partial charge in [-0.2, -0.15) is 0 Å². The van der Waals surface area contributed by atoms with Crippen LogP contribution in [0.3, 0.4) is 0 Å². The van der Waals surface area contributed by atoms with Crippen LogP contribution in [0.2, 0.25) is 0 Å². The number of hydrazine groups is 1. The van der Waals surface area contributed by atoms with Gasteiger partial charge in [-0.1, -0.05) is 6.42 Å². The summed E-state index contributed by atoms with van der Waals surface area (Å²) >= 11 is 0. The summed E-state index contributed by atoms with van der Waals surface area (Å²) in [7, 11) is 0. The van der Waals surface area contributed by atoms with Gasteiger partial charge in [0.25, 0.3) is 5.69 Å². The minimum Gasteiger partial charge on any atom is -0.370 e. The van der Waals surface area contributed by atoms with Gasteiger partial charge in [0.05, 0.1) is 17.1 Å². The molecule has 0 bridgehead atoms. The second-order valence-electron chi connectivity index (χ2n) is 4.18. The standard InChI is InChI=1S/C10H15N5O2/c11-14-10-5-8(15(16)17)4-9(13-10)12-6-7-2-1-3-7/h4-5,7H,1-3,6,11H2,(H2,12,13,14). The molecule has 4 N–H and O–H groups in total. The Balaban J connectivity index is 2.08. The van der Waals surface area contributed by atoms with Gasteiger partial charge in [-0.3, -0.25) is 10.1 Å². The van der Waals surface area contributed by atoms with Crippen molar-refractivity contribution in [3.8, 4) is 0 Å². The fourth-order valence-electron chi connectivity index (χ4n) is 1.73. The molecule has 0 radical (unpaired) electrons. The summed E-state index contributed by atoms with van der Waals surface area (Å²) in [5.74, 6) is 6.65. The summed E-state index contributed by atoms with van der Waals surface area (Å²) in [5.41, 5.74) is 2.30. The Morgan fingerprint density at radius 2 is 2.18 bits per heavy atom. The highest BCUT2D eigenvalue weighted by Crippen LogP contribution is 2.27. The minimum absolute atomic E-state index is 0.0240. The number of hydrogen-bond acceptors (Lipinski definition) is 6. The Morgan fingerprint density at radius 3 is 2.71 bits per heavy atom. The summed E-state index contributed by atoms with van der Waals surface area (Å²) < 4.78 is 0. The number of aromatic nitrogens is 1. The van der Waals surface area contributed by atoms with Crippen LogP contribution in [-0.2, 0) is 0 Å². The molecule has 0 saturated heterocycles. The molecule has 1 aromatic rings. The van der Waals surface area contributed by atoms with Crippen LogP contribution in [-0.4, -0.2) is 16.5 Å². The van der Waals surface area contributed by atoms with Crippen LogP contribution in [0.1, 0.15) is 19.3 Å². The van der Waals surface area contributed by atoms with Crippen molar-refractivity contribution in [2.24, 2.45) is 11.8 Å². The van der Waals surface area contributed by atoms with E-state index in [1.807, 2.05) is 0 Å². The molecule has 0 atom stereocenters. The molecule has 7 heteroatoms. The first kappa shape index (κ1) is 11.6. The van der Waals surface area contributed by atoms with Gasteiger partial charge < -0.3 is 10.7 Å². The van der Waals surface area contributed by atoms with Gasteiger partial charge in [-0.05, 0) is 18.8 Å². The Morgan fingerprint density at radius 1 is 1.47 bits per heavy atom. The summed E-state index contributed by atoms with van der Waals surface area (Å²) in [6.07, 6.45) is 3.69. The third-order valence-corrected chi connectivity index (χ3v) is 2.97. The third kappa shape index (κ3) is 2.82. The van der Waals surface area contributed by atoms with E-state index in [0.29, 0.717) is 11.7 Å². The molecule has 1 fully saturated rings. The van der Waals surface area contributed by atoms with Crippen LogP contribution in [0.5, 0.6) is 0 Å². The maximum atomic E-state index is 10.7. The van der Waals surface area contributed by atoms with Crippen molar-refractivity contribution in [3.63, 3.8) is 0 Å². The molecule has 1 heterocycles. The highest BCUT2D eigenvalue weighted by atomic mass is 16.6. The maximum absolute atomic E-state index is 10.7. The van der Waals surface area contributed by atoms with Crippen molar-refractivity contribution >= 4 is 17.3 Å². The van der Waals surface area contributed by atoms with Crippen molar-refractivity contribution in [1.82, 2.24) is 4.98 Å². The molecule has 17 heavy (non-hydrogen) atoms. The van der Waals surface area contributed by atoms with Crippen LogP contribution >= 0.6 is 0 Å². The van der Waals surface area contributed by atoms with Crippen molar-refractivity contribution in [2.75, 3.05) is 17.3 Å². The van der Waals surface area contributed by atoms with Gasteiger partial charge in [0, 0.05) is 6.54 Å². The number of nitrogens with one attached hydrogen (secondary N) is 2. The van der Waals surface area contributed by atoms with E-state index in [-0.39, 0.29) is 11.5 Å². The molecule has 92 valence electrons.